The van der Waals surface area contributed by atoms with Gasteiger partial charge in [-0.15, -0.1) is 0 Å². The highest BCUT2D eigenvalue weighted by molar-refractivity contribution is 5.79. The number of carbonyl (C=O) groups is 1. The number of carbonyl (C=O) groups excluding carboxylic acids is 1. The molecule has 0 heterocycles. The lowest BCUT2D eigenvalue weighted by Gasteiger charge is -2.30. The minimum absolute atomic E-state index is 0.0410. The van der Waals surface area contributed by atoms with Crippen molar-refractivity contribution in [3.8, 4) is 6.07 Å². The Hall–Kier alpha value is -1.90. The fraction of sp³-hybridized carbons (Fsp3) is 0.556. The van der Waals surface area contributed by atoms with Crippen molar-refractivity contribution < 1.29 is 9.90 Å². The summed E-state index contributed by atoms with van der Waals surface area (Å²) in [5.41, 5.74) is 1.05. The minimum Gasteiger partial charge on any atom is -0.394 e. The topological polar surface area (TPSA) is 85.2 Å². The average Bonchev–Trinajstić information content (AvgIpc) is 3.19. The molecule has 0 radical (unpaired) electrons. The van der Waals surface area contributed by atoms with Crippen LogP contribution in [0.25, 0.3) is 0 Å². The molecule has 1 aromatic rings. The smallest absolute Gasteiger partial charge is 0.235 e. The number of amides is 1. The summed E-state index contributed by atoms with van der Waals surface area (Å²) >= 11 is 0. The van der Waals surface area contributed by atoms with Crippen LogP contribution in [0.2, 0.25) is 0 Å². The van der Waals surface area contributed by atoms with E-state index in [1.807, 2.05) is 18.2 Å². The van der Waals surface area contributed by atoms with Crippen LogP contribution in [0, 0.1) is 11.3 Å². The number of nitriles is 1. The van der Waals surface area contributed by atoms with Crippen molar-refractivity contribution in [2.75, 3.05) is 13.2 Å². The summed E-state index contributed by atoms with van der Waals surface area (Å²) in [6.45, 7) is 0.0685. The van der Waals surface area contributed by atoms with E-state index in [0.29, 0.717) is 0 Å². The van der Waals surface area contributed by atoms with Gasteiger partial charge in [-0.25, -0.2) is 0 Å². The van der Waals surface area contributed by atoms with E-state index in [9.17, 15) is 15.2 Å². The van der Waals surface area contributed by atoms with Gasteiger partial charge in [0.1, 0.15) is 5.54 Å². The zero-order chi connectivity index (χ0) is 16.3. The van der Waals surface area contributed by atoms with Crippen LogP contribution in [0.5, 0.6) is 0 Å². The molecule has 0 saturated heterocycles. The molecule has 1 unspecified atom stereocenters. The van der Waals surface area contributed by atoms with Crippen LogP contribution in [0.3, 0.4) is 0 Å². The zero-order valence-corrected chi connectivity index (χ0v) is 13.3. The Balaban J connectivity index is 1.65. The van der Waals surface area contributed by atoms with E-state index in [4.69, 9.17) is 0 Å². The lowest BCUT2D eigenvalue weighted by molar-refractivity contribution is -0.122. The van der Waals surface area contributed by atoms with Crippen LogP contribution in [0.15, 0.2) is 24.3 Å². The fourth-order valence-electron chi connectivity index (χ4n) is 3.90. The molecule has 5 nitrogen and oxygen atoms in total. The van der Waals surface area contributed by atoms with Gasteiger partial charge in [-0.1, -0.05) is 24.3 Å². The quantitative estimate of drug-likeness (QED) is 0.766. The van der Waals surface area contributed by atoms with E-state index in [1.54, 1.807) is 0 Å². The average molecular weight is 313 g/mol. The van der Waals surface area contributed by atoms with Gasteiger partial charge >= 0.3 is 0 Å². The molecule has 1 amide bonds. The van der Waals surface area contributed by atoms with Crippen LogP contribution >= 0.6 is 0 Å². The van der Waals surface area contributed by atoms with Crippen molar-refractivity contribution in [3.05, 3.63) is 35.4 Å². The minimum atomic E-state index is -0.696. The SMILES string of the molecule is N#CC1(NC(=O)CNC2(CO)CCc3ccccc32)CCCC1. The Kier molecular flexibility index (Phi) is 4.38. The molecule has 0 aromatic heterocycles. The largest absolute Gasteiger partial charge is 0.394 e. The fourth-order valence-corrected chi connectivity index (χ4v) is 3.90. The number of hydrogen-bond acceptors (Lipinski definition) is 4. The summed E-state index contributed by atoms with van der Waals surface area (Å²) in [5.74, 6) is -0.175. The standard InChI is InChI=1S/C18H23N3O2/c19-12-17(8-3-4-9-17)21-16(23)11-20-18(13-22)10-7-14-5-1-2-6-15(14)18/h1-2,5-6,20,22H,3-4,7-11,13H2,(H,21,23). The van der Waals surface area contributed by atoms with Gasteiger partial charge in [0, 0.05) is 0 Å². The van der Waals surface area contributed by atoms with E-state index >= 15 is 0 Å². The van der Waals surface area contributed by atoms with Gasteiger partial charge in [-0.3, -0.25) is 10.1 Å². The summed E-state index contributed by atoms with van der Waals surface area (Å²) < 4.78 is 0. The summed E-state index contributed by atoms with van der Waals surface area (Å²) in [4.78, 5) is 12.3. The van der Waals surface area contributed by atoms with Crippen LogP contribution < -0.4 is 10.6 Å². The van der Waals surface area contributed by atoms with E-state index in [-0.39, 0.29) is 19.1 Å². The van der Waals surface area contributed by atoms with Gasteiger partial charge in [0.25, 0.3) is 0 Å². The molecular formula is C18H23N3O2. The lowest BCUT2D eigenvalue weighted by atomic mass is 9.92. The molecule has 1 atom stereocenters. The molecule has 1 saturated carbocycles. The van der Waals surface area contributed by atoms with Crippen LogP contribution in [-0.4, -0.2) is 29.7 Å². The van der Waals surface area contributed by atoms with E-state index in [0.717, 1.165) is 44.1 Å². The van der Waals surface area contributed by atoms with Crippen molar-refractivity contribution in [2.45, 2.75) is 49.6 Å². The third kappa shape index (κ3) is 2.97. The number of aliphatic hydroxyl groups is 1. The predicted octanol–water partition coefficient (Wildman–Crippen LogP) is 1.36. The Morgan fingerprint density at radius 3 is 2.70 bits per heavy atom. The van der Waals surface area contributed by atoms with Crippen molar-refractivity contribution in [2.24, 2.45) is 0 Å². The second kappa shape index (κ2) is 6.31. The number of nitrogens with zero attached hydrogens (tertiary/aromatic N) is 1. The lowest BCUT2D eigenvalue weighted by Crippen LogP contribution is -2.52. The summed E-state index contributed by atoms with van der Waals surface area (Å²) in [6.07, 6.45) is 5.09. The summed E-state index contributed by atoms with van der Waals surface area (Å²) in [7, 11) is 0. The molecule has 1 aromatic carbocycles. The summed E-state index contributed by atoms with van der Waals surface area (Å²) in [5, 5.41) is 25.4. The maximum Gasteiger partial charge on any atom is 0.235 e. The molecule has 3 N–H and O–H groups in total. The van der Waals surface area contributed by atoms with E-state index in [1.165, 1.54) is 5.56 Å². The van der Waals surface area contributed by atoms with E-state index in [2.05, 4.69) is 22.8 Å². The number of nitrogens with one attached hydrogen (secondary N) is 2. The van der Waals surface area contributed by atoms with Gasteiger partial charge in [0.15, 0.2) is 0 Å². The zero-order valence-electron chi connectivity index (χ0n) is 13.3. The van der Waals surface area contributed by atoms with Crippen LogP contribution in [0.4, 0.5) is 0 Å². The highest BCUT2D eigenvalue weighted by Crippen LogP contribution is 2.36. The highest BCUT2D eigenvalue weighted by Gasteiger charge is 2.39. The number of aliphatic hydroxyl groups excluding tert-OH is 1. The number of aryl methyl sites for hydroxylation is 1. The molecule has 23 heavy (non-hydrogen) atoms. The van der Waals surface area contributed by atoms with Crippen molar-refractivity contribution in [1.82, 2.24) is 10.6 Å². The Morgan fingerprint density at radius 2 is 2.00 bits per heavy atom. The molecule has 5 heteroatoms. The van der Waals surface area contributed by atoms with Gasteiger partial charge in [-0.2, -0.15) is 5.26 Å². The first-order valence-corrected chi connectivity index (χ1v) is 8.30. The molecule has 0 spiro atoms. The number of hydrogen-bond donors (Lipinski definition) is 3. The van der Waals surface area contributed by atoms with Gasteiger partial charge in [0.2, 0.25) is 5.91 Å². The van der Waals surface area contributed by atoms with Crippen molar-refractivity contribution in [1.29, 1.82) is 5.26 Å². The molecule has 2 aliphatic rings. The molecule has 122 valence electrons. The third-order valence-electron chi connectivity index (χ3n) is 5.26. The van der Waals surface area contributed by atoms with Crippen molar-refractivity contribution in [3.63, 3.8) is 0 Å². The normalized spacial score (nSPS) is 24.9. The highest BCUT2D eigenvalue weighted by atomic mass is 16.3. The number of fused-ring (bicyclic) bond motifs is 1. The molecule has 2 aliphatic carbocycles. The predicted molar refractivity (Wildman–Crippen MR) is 86.5 cm³/mol. The second-order valence-corrected chi connectivity index (χ2v) is 6.70. The summed E-state index contributed by atoms with van der Waals surface area (Å²) in [6, 6.07) is 10.3. The second-order valence-electron chi connectivity index (χ2n) is 6.70. The molecule has 3 rings (SSSR count). The van der Waals surface area contributed by atoms with Crippen LogP contribution in [-0.2, 0) is 16.8 Å². The van der Waals surface area contributed by atoms with Gasteiger partial charge in [0.05, 0.1) is 24.8 Å². The molecule has 1 fully saturated rings. The first-order valence-electron chi connectivity index (χ1n) is 8.30. The Bertz CT molecular complexity index is 631. The number of benzene rings is 1. The maximum absolute atomic E-state index is 12.3. The first-order chi connectivity index (χ1) is 11.1. The monoisotopic (exact) mass is 313 g/mol. The Labute approximate surface area is 136 Å². The van der Waals surface area contributed by atoms with E-state index < -0.39 is 11.1 Å². The maximum atomic E-state index is 12.3. The number of rotatable bonds is 5. The molecular weight excluding hydrogens is 290 g/mol. The van der Waals surface area contributed by atoms with Gasteiger partial charge < -0.3 is 10.4 Å². The Morgan fingerprint density at radius 1 is 1.26 bits per heavy atom. The molecule has 0 bridgehead atoms. The van der Waals surface area contributed by atoms with Gasteiger partial charge in [-0.05, 0) is 49.7 Å². The first kappa shape index (κ1) is 16.0. The third-order valence-corrected chi connectivity index (χ3v) is 5.26. The molecule has 0 aliphatic heterocycles. The van der Waals surface area contributed by atoms with Crippen molar-refractivity contribution >= 4 is 5.91 Å². The van der Waals surface area contributed by atoms with Crippen LogP contribution in [0.1, 0.15) is 43.2 Å².